The molecule has 148 valence electrons. The summed E-state index contributed by atoms with van der Waals surface area (Å²) in [6.07, 6.45) is 4.83. The van der Waals surface area contributed by atoms with Crippen LogP contribution >= 0.6 is 0 Å². The minimum atomic E-state index is -0.226. The van der Waals surface area contributed by atoms with E-state index in [9.17, 15) is 4.79 Å². The highest BCUT2D eigenvalue weighted by Crippen LogP contribution is 2.28. The highest BCUT2D eigenvalue weighted by Gasteiger charge is 2.07. The van der Waals surface area contributed by atoms with E-state index in [2.05, 4.69) is 11.9 Å². The van der Waals surface area contributed by atoms with E-state index in [1.54, 1.807) is 57.7 Å². The van der Waals surface area contributed by atoms with E-state index in [0.717, 1.165) is 11.1 Å². The minimum absolute atomic E-state index is 0.226. The molecule has 0 unspecified atom stereocenters. The predicted molar refractivity (Wildman–Crippen MR) is 109 cm³/mol. The van der Waals surface area contributed by atoms with Crippen molar-refractivity contribution in [3.8, 4) is 23.0 Å². The molecule has 0 bridgehead atoms. The van der Waals surface area contributed by atoms with E-state index in [-0.39, 0.29) is 5.91 Å². The first kappa shape index (κ1) is 20.9. The Bertz CT molecular complexity index is 845. The van der Waals surface area contributed by atoms with Crippen LogP contribution in [-0.2, 0) is 11.3 Å². The summed E-state index contributed by atoms with van der Waals surface area (Å²) in [5.41, 5.74) is 1.64. The molecule has 0 aromatic heterocycles. The maximum Gasteiger partial charge on any atom is 0.244 e. The maximum absolute atomic E-state index is 12.2. The number of rotatable bonds is 10. The van der Waals surface area contributed by atoms with Gasteiger partial charge in [-0.3, -0.25) is 4.79 Å². The highest BCUT2D eigenvalue weighted by atomic mass is 16.5. The average Bonchev–Trinajstić information content (AvgIpc) is 2.74. The fourth-order valence-electron chi connectivity index (χ4n) is 2.49. The molecule has 0 saturated carbocycles. The molecule has 0 saturated heterocycles. The molecule has 0 heterocycles. The second kappa shape index (κ2) is 10.7. The summed E-state index contributed by atoms with van der Waals surface area (Å²) in [7, 11) is 4.75. The lowest BCUT2D eigenvalue weighted by Gasteiger charge is -2.11. The molecule has 0 aliphatic heterocycles. The molecule has 6 nitrogen and oxygen atoms in total. The van der Waals surface area contributed by atoms with Gasteiger partial charge in [0.2, 0.25) is 5.91 Å². The Morgan fingerprint density at radius 1 is 1.00 bits per heavy atom. The Morgan fingerprint density at radius 3 is 2.43 bits per heavy atom. The normalized spacial score (nSPS) is 10.4. The third-order valence-electron chi connectivity index (χ3n) is 3.91. The molecule has 0 fully saturated rings. The quantitative estimate of drug-likeness (QED) is 0.502. The van der Waals surface area contributed by atoms with Crippen LogP contribution in [0.15, 0.2) is 55.1 Å². The number of hydrogen-bond acceptors (Lipinski definition) is 5. The van der Waals surface area contributed by atoms with E-state index in [0.29, 0.717) is 36.1 Å². The molecule has 0 atom stereocenters. The first-order valence-corrected chi connectivity index (χ1v) is 8.69. The van der Waals surface area contributed by atoms with Gasteiger partial charge in [0.05, 0.1) is 21.3 Å². The van der Waals surface area contributed by atoms with Gasteiger partial charge >= 0.3 is 0 Å². The summed E-state index contributed by atoms with van der Waals surface area (Å²) in [4.78, 5) is 12.2. The third-order valence-corrected chi connectivity index (χ3v) is 3.91. The molecule has 28 heavy (non-hydrogen) atoms. The Hall–Kier alpha value is -3.41. The number of amides is 1. The fourth-order valence-corrected chi connectivity index (χ4v) is 2.49. The Morgan fingerprint density at radius 2 is 1.75 bits per heavy atom. The Kier molecular flexibility index (Phi) is 7.96. The monoisotopic (exact) mass is 383 g/mol. The molecule has 0 aliphatic rings. The zero-order chi connectivity index (χ0) is 20.4. The molecule has 0 aliphatic carbocycles. The molecule has 0 spiro atoms. The molecular formula is C22H25NO5. The van der Waals surface area contributed by atoms with Gasteiger partial charge in [0.15, 0.2) is 11.5 Å². The SMILES string of the molecule is C=CCOc1ccc(/C=C/C(=O)NCc2cc(OC)ccc2OC)cc1OC. The van der Waals surface area contributed by atoms with Crippen LogP contribution in [0, 0.1) is 0 Å². The van der Waals surface area contributed by atoms with Crippen LogP contribution in [0.4, 0.5) is 0 Å². The largest absolute Gasteiger partial charge is 0.497 e. The van der Waals surface area contributed by atoms with Crippen LogP contribution < -0.4 is 24.3 Å². The number of methoxy groups -OCH3 is 3. The van der Waals surface area contributed by atoms with Crippen LogP contribution in [0.25, 0.3) is 6.08 Å². The van der Waals surface area contributed by atoms with Gasteiger partial charge in [-0.2, -0.15) is 0 Å². The number of carbonyl (C=O) groups is 1. The lowest BCUT2D eigenvalue weighted by molar-refractivity contribution is -0.116. The minimum Gasteiger partial charge on any atom is -0.497 e. The molecule has 2 rings (SSSR count). The number of hydrogen-bond donors (Lipinski definition) is 1. The van der Waals surface area contributed by atoms with Gasteiger partial charge in [-0.25, -0.2) is 0 Å². The topological polar surface area (TPSA) is 66.0 Å². The van der Waals surface area contributed by atoms with Crippen molar-refractivity contribution in [1.82, 2.24) is 5.32 Å². The van der Waals surface area contributed by atoms with Gasteiger partial charge < -0.3 is 24.3 Å². The molecule has 2 aromatic carbocycles. The number of benzene rings is 2. The zero-order valence-electron chi connectivity index (χ0n) is 16.4. The van der Waals surface area contributed by atoms with Crippen molar-refractivity contribution in [2.45, 2.75) is 6.54 Å². The molecular weight excluding hydrogens is 358 g/mol. The Balaban J connectivity index is 2.01. The molecule has 6 heteroatoms. The van der Waals surface area contributed by atoms with Gasteiger partial charge in [-0.15, -0.1) is 0 Å². The number of nitrogens with one attached hydrogen (secondary N) is 1. The first-order valence-electron chi connectivity index (χ1n) is 8.69. The molecule has 0 radical (unpaired) electrons. The van der Waals surface area contributed by atoms with Crippen LogP contribution in [-0.4, -0.2) is 33.8 Å². The van der Waals surface area contributed by atoms with Crippen molar-refractivity contribution < 1.29 is 23.7 Å². The standard InChI is InChI=1S/C22H25NO5/c1-5-12-28-20-9-6-16(13-21(20)27-4)7-11-22(24)23-15-17-14-18(25-2)8-10-19(17)26-3/h5-11,13-14H,1,12,15H2,2-4H3,(H,23,24)/b11-7+. The lowest BCUT2D eigenvalue weighted by atomic mass is 10.1. The van der Waals surface area contributed by atoms with Crippen LogP contribution in [0.1, 0.15) is 11.1 Å². The van der Waals surface area contributed by atoms with Crippen molar-refractivity contribution in [2.75, 3.05) is 27.9 Å². The van der Waals surface area contributed by atoms with Gasteiger partial charge in [0, 0.05) is 18.2 Å². The van der Waals surface area contributed by atoms with Crippen molar-refractivity contribution >= 4 is 12.0 Å². The summed E-state index contributed by atoms with van der Waals surface area (Å²) >= 11 is 0. The first-order chi connectivity index (χ1) is 13.6. The second-order valence-electron chi connectivity index (χ2n) is 5.74. The van der Waals surface area contributed by atoms with Crippen LogP contribution in [0.2, 0.25) is 0 Å². The van der Waals surface area contributed by atoms with Gasteiger partial charge in [-0.05, 0) is 42.0 Å². The van der Waals surface area contributed by atoms with E-state index >= 15 is 0 Å². The van der Waals surface area contributed by atoms with Gasteiger partial charge in [0.1, 0.15) is 18.1 Å². The fraction of sp³-hybridized carbons (Fsp3) is 0.227. The van der Waals surface area contributed by atoms with E-state index in [4.69, 9.17) is 18.9 Å². The predicted octanol–water partition coefficient (Wildman–Crippen LogP) is 3.61. The summed E-state index contributed by atoms with van der Waals surface area (Å²) in [5, 5.41) is 2.83. The zero-order valence-corrected chi connectivity index (χ0v) is 16.4. The summed E-state index contributed by atoms with van der Waals surface area (Å²) in [6.45, 7) is 4.33. The van der Waals surface area contributed by atoms with Crippen LogP contribution in [0.5, 0.6) is 23.0 Å². The van der Waals surface area contributed by atoms with Crippen molar-refractivity contribution in [1.29, 1.82) is 0 Å². The van der Waals surface area contributed by atoms with E-state index in [1.807, 2.05) is 12.1 Å². The molecule has 1 amide bonds. The average molecular weight is 383 g/mol. The van der Waals surface area contributed by atoms with E-state index < -0.39 is 0 Å². The summed E-state index contributed by atoms with van der Waals surface area (Å²) in [5.74, 6) is 2.37. The van der Waals surface area contributed by atoms with Crippen LogP contribution in [0.3, 0.4) is 0 Å². The summed E-state index contributed by atoms with van der Waals surface area (Å²) < 4.78 is 21.4. The van der Waals surface area contributed by atoms with Gasteiger partial charge in [-0.1, -0.05) is 18.7 Å². The molecule has 2 aromatic rings. The van der Waals surface area contributed by atoms with Crippen molar-refractivity contribution in [3.05, 3.63) is 66.3 Å². The van der Waals surface area contributed by atoms with Crippen molar-refractivity contribution in [2.24, 2.45) is 0 Å². The smallest absolute Gasteiger partial charge is 0.244 e. The Labute approximate surface area is 165 Å². The summed E-state index contributed by atoms with van der Waals surface area (Å²) in [6, 6.07) is 10.9. The maximum atomic E-state index is 12.2. The molecule has 1 N–H and O–H groups in total. The number of ether oxygens (including phenoxy) is 4. The third kappa shape index (κ3) is 5.81. The van der Waals surface area contributed by atoms with Crippen molar-refractivity contribution in [3.63, 3.8) is 0 Å². The lowest BCUT2D eigenvalue weighted by Crippen LogP contribution is -2.20. The highest BCUT2D eigenvalue weighted by molar-refractivity contribution is 5.91. The number of carbonyl (C=O) groups excluding carboxylic acids is 1. The second-order valence-corrected chi connectivity index (χ2v) is 5.74. The van der Waals surface area contributed by atoms with Gasteiger partial charge in [0.25, 0.3) is 0 Å². The van der Waals surface area contributed by atoms with E-state index in [1.165, 1.54) is 6.08 Å².